The van der Waals surface area contributed by atoms with Gasteiger partial charge in [0.1, 0.15) is 17.6 Å². The first-order chi connectivity index (χ1) is 5.95. The molecular weight excluding hydrogens is 178 g/mol. The van der Waals surface area contributed by atoms with Gasteiger partial charge in [-0.1, -0.05) is 6.92 Å². The molecule has 0 amide bonds. The second-order valence-corrected chi connectivity index (χ2v) is 3.16. The largest absolute Gasteiger partial charge is 0.481 e. The lowest BCUT2D eigenvalue weighted by atomic mass is 9.83. The molecule has 0 fully saturated rings. The van der Waals surface area contributed by atoms with E-state index < -0.39 is 29.5 Å². The van der Waals surface area contributed by atoms with E-state index in [1.807, 2.05) is 0 Å². The van der Waals surface area contributed by atoms with Crippen LogP contribution in [0.2, 0.25) is 0 Å². The van der Waals surface area contributed by atoms with Gasteiger partial charge in [-0.05, 0) is 18.4 Å². The van der Waals surface area contributed by atoms with Gasteiger partial charge in [0.15, 0.2) is 0 Å². The van der Waals surface area contributed by atoms with E-state index in [9.17, 15) is 13.6 Å². The van der Waals surface area contributed by atoms with E-state index in [4.69, 9.17) is 5.11 Å². The lowest BCUT2D eigenvalue weighted by molar-refractivity contribution is -0.142. The Morgan fingerprint density at radius 1 is 1.54 bits per heavy atom. The van der Waals surface area contributed by atoms with Gasteiger partial charge in [0, 0.05) is 6.08 Å². The SMILES string of the molecule is CC1=C(F)C=C(F)C(C(=O)O)C1C. The van der Waals surface area contributed by atoms with E-state index in [-0.39, 0.29) is 5.57 Å². The molecule has 2 nitrogen and oxygen atoms in total. The predicted octanol–water partition coefficient (Wildman–Crippen LogP) is 2.43. The maximum atomic E-state index is 13.0. The molecule has 2 atom stereocenters. The summed E-state index contributed by atoms with van der Waals surface area (Å²) >= 11 is 0. The highest BCUT2D eigenvalue weighted by atomic mass is 19.1. The second kappa shape index (κ2) is 3.28. The van der Waals surface area contributed by atoms with Crippen LogP contribution < -0.4 is 0 Å². The van der Waals surface area contributed by atoms with Gasteiger partial charge >= 0.3 is 5.97 Å². The first kappa shape index (κ1) is 9.89. The molecule has 0 heterocycles. The van der Waals surface area contributed by atoms with Gasteiger partial charge in [0.2, 0.25) is 0 Å². The second-order valence-electron chi connectivity index (χ2n) is 3.16. The summed E-state index contributed by atoms with van der Waals surface area (Å²) in [6.45, 7) is 2.97. The third-order valence-corrected chi connectivity index (χ3v) is 2.39. The molecule has 1 aliphatic carbocycles. The molecule has 1 rings (SSSR count). The van der Waals surface area contributed by atoms with Crippen molar-refractivity contribution in [3.8, 4) is 0 Å². The fourth-order valence-corrected chi connectivity index (χ4v) is 1.36. The lowest BCUT2D eigenvalue weighted by Crippen LogP contribution is -2.25. The van der Waals surface area contributed by atoms with Crippen molar-refractivity contribution in [2.24, 2.45) is 11.8 Å². The minimum atomic E-state index is -1.26. The molecule has 0 saturated carbocycles. The van der Waals surface area contributed by atoms with Crippen LogP contribution in [0.3, 0.4) is 0 Å². The van der Waals surface area contributed by atoms with Crippen molar-refractivity contribution in [1.29, 1.82) is 0 Å². The van der Waals surface area contributed by atoms with E-state index >= 15 is 0 Å². The van der Waals surface area contributed by atoms with Gasteiger partial charge in [0.05, 0.1) is 0 Å². The van der Waals surface area contributed by atoms with Crippen LogP contribution in [0.4, 0.5) is 8.78 Å². The van der Waals surface area contributed by atoms with Crippen molar-refractivity contribution in [2.45, 2.75) is 13.8 Å². The van der Waals surface area contributed by atoms with Crippen molar-refractivity contribution in [3.63, 3.8) is 0 Å². The number of carbonyl (C=O) groups is 1. The third-order valence-electron chi connectivity index (χ3n) is 2.39. The molecule has 0 aromatic heterocycles. The number of carboxylic acid groups (broad SMARTS) is 1. The van der Waals surface area contributed by atoms with Gasteiger partial charge < -0.3 is 5.11 Å². The minimum absolute atomic E-state index is 0.286. The zero-order valence-electron chi connectivity index (χ0n) is 7.34. The van der Waals surface area contributed by atoms with Crippen molar-refractivity contribution in [3.05, 3.63) is 23.3 Å². The lowest BCUT2D eigenvalue weighted by Gasteiger charge is -2.23. The zero-order valence-corrected chi connectivity index (χ0v) is 7.34. The topological polar surface area (TPSA) is 37.3 Å². The van der Waals surface area contributed by atoms with Gasteiger partial charge in [-0.15, -0.1) is 0 Å². The van der Waals surface area contributed by atoms with Gasteiger partial charge in [-0.3, -0.25) is 4.79 Å². The molecule has 0 radical (unpaired) electrons. The summed E-state index contributed by atoms with van der Waals surface area (Å²) in [5, 5.41) is 8.66. The summed E-state index contributed by atoms with van der Waals surface area (Å²) in [4.78, 5) is 10.6. The summed E-state index contributed by atoms with van der Waals surface area (Å²) in [5.41, 5.74) is 0.286. The van der Waals surface area contributed by atoms with Crippen LogP contribution in [-0.2, 0) is 4.79 Å². The Morgan fingerprint density at radius 2 is 2.08 bits per heavy atom. The normalized spacial score (nSPS) is 28.8. The number of halogens is 2. The fraction of sp³-hybridized carbons (Fsp3) is 0.444. The van der Waals surface area contributed by atoms with Crippen LogP contribution in [0.1, 0.15) is 13.8 Å². The van der Waals surface area contributed by atoms with Crippen LogP contribution in [0.15, 0.2) is 23.3 Å². The third kappa shape index (κ3) is 1.61. The Labute approximate surface area is 74.6 Å². The van der Waals surface area contributed by atoms with Crippen LogP contribution >= 0.6 is 0 Å². The van der Waals surface area contributed by atoms with Gasteiger partial charge in [0.25, 0.3) is 0 Å². The van der Waals surface area contributed by atoms with Crippen molar-refractivity contribution >= 4 is 5.97 Å². The molecule has 13 heavy (non-hydrogen) atoms. The predicted molar refractivity (Wildman–Crippen MR) is 43.3 cm³/mol. The van der Waals surface area contributed by atoms with Crippen LogP contribution in [0, 0.1) is 11.8 Å². The molecule has 0 spiro atoms. The molecule has 1 N–H and O–H groups in total. The van der Waals surface area contributed by atoms with Crippen molar-refractivity contribution < 1.29 is 18.7 Å². The maximum Gasteiger partial charge on any atom is 0.313 e. The summed E-state index contributed by atoms with van der Waals surface area (Å²) in [5.74, 6) is -4.69. The quantitative estimate of drug-likeness (QED) is 0.686. The number of hydrogen-bond donors (Lipinski definition) is 1. The molecule has 1 aliphatic rings. The molecule has 0 bridgehead atoms. The molecule has 0 saturated heterocycles. The number of rotatable bonds is 1. The van der Waals surface area contributed by atoms with E-state index in [0.717, 1.165) is 0 Å². The smallest absolute Gasteiger partial charge is 0.313 e. The molecule has 0 aliphatic heterocycles. The highest BCUT2D eigenvalue weighted by Crippen LogP contribution is 2.35. The standard InChI is InChI=1S/C9H10F2O2/c1-4-5(2)8(9(12)13)7(11)3-6(4)10/h3,5,8H,1-2H3,(H,12,13). The minimum Gasteiger partial charge on any atom is -0.481 e. The first-order valence-electron chi connectivity index (χ1n) is 3.91. The van der Waals surface area contributed by atoms with E-state index in [0.29, 0.717) is 6.08 Å². The molecule has 0 aromatic carbocycles. The zero-order chi connectivity index (χ0) is 10.2. The fourth-order valence-electron chi connectivity index (χ4n) is 1.36. The Hall–Kier alpha value is -1.19. The van der Waals surface area contributed by atoms with Gasteiger partial charge in [-0.2, -0.15) is 0 Å². The highest BCUT2D eigenvalue weighted by Gasteiger charge is 2.34. The van der Waals surface area contributed by atoms with Crippen LogP contribution in [-0.4, -0.2) is 11.1 Å². The number of carboxylic acids is 1. The Morgan fingerprint density at radius 3 is 2.54 bits per heavy atom. The molecule has 72 valence electrons. The highest BCUT2D eigenvalue weighted by molar-refractivity contribution is 5.74. The summed E-state index contributed by atoms with van der Waals surface area (Å²) in [6, 6.07) is 0. The Balaban J connectivity index is 3.09. The molecule has 4 heteroatoms. The maximum absolute atomic E-state index is 13.0. The van der Waals surface area contributed by atoms with Crippen molar-refractivity contribution in [2.75, 3.05) is 0 Å². The van der Waals surface area contributed by atoms with E-state index in [2.05, 4.69) is 0 Å². The summed E-state index contributed by atoms with van der Waals surface area (Å²) in [6.07, 6.45) is 0.647. The van der Waals surface area contributed by atoms with E-state index in [1.54, 1.807) is 0 Å². The van der Waals surface area contributed by atoms with Crippen molar-refractivity contribution in [1.82, 2.24) is 0 Å². The average molecular weight is 188 g/mol. The number of allylic oxidation sites excluding steroid dienone is 3. The Kier molecular flexibility index (Phi) is 2.50. The average Bonchev–Trinajstić information content (AvgIpc) is 1.99. The van der Waals surface area contributed by atoms with Gasteiger partial charge in [-0.25, -0.2) is 8.78 Å². The molecule has 2 unspecified atom stereocenters. The van der Waals surface area contributed by atoms with Crippen LogP contribution in [0.5, 0.6) is 0 Å². The number of hydrogen-bond acceptors (Lipinski definition) is 1. The molecule has 0 aromatic rings. The Bertz CT molecular complexity index is 305. The van der Waals surface area contributed by atoms with Crippen LogP contribution in [0.25, 0.3) is 0 Å². The summed E-state index contributed by atoms with van der Waals surface area (Å²) < 4.78 is 25.9. The molecular formula is C9H10F2O2. The summed E-state index contributed by atoms with van der Waals surface area (Å²) in [7, 11) is 0. The monoisotopic (exact) mass is 188 g/mol. The van der Waals surface area contributed by atoms with E-state index in [1.165, 1.54) is 13.8 Å². The number of aliphatic carboxylic acids is 1. The first-order valence-corrected chi connectivity index (χ1v) is 3.91.